The van der Waals surface area contributed by atoms with Gasteiger partial charge >= 0.3 is 5.97 Å². The Morgan fingerprint density at radius 2 is 2.07 bits per heavy atom. The SMILES string of the molecule is COC(=O)c1ccc(-c2csnn2)cc1. The summed E-state index contributed by atoms with van der Waals surface area (Å²) in [4.78, 5) is 11.2. The highest BCUT2D eigenvalue weighted by atomic mass is 32.1. The van der Waals surface area contributed by atoms with Crippen LogP contribution in [0.2, 0.25) is 0 Å². The first kappa shape index (κ1) is 9.79. The Labute approximate surface area is 90.7 Å². The molecule has 0 aliphatic carbocycles. The summed E-state index contributed by atoms with van der Waals surface area (Å²) in [5.74, 6) is -0.335. The molecule has 0 amide bonds. The fourth-order valence-electron chi connectivity index (χ4n) is 1.19. The minimum Gasteiger partial charge on any atom is -0.465 e. The predicted octanol–water partition coefficient (Wildman–Crippen LogP) is 1.99. The van der Waals surface area contributed by atoms with Crippen LogP contribution in [0.4, 0.5) is 0 Å². The number of carbonyl (C=O) groups excluding carboxylic acids is 1. The third-order valence-electron chi connectivity index (χ3n) is 1.96. The van der Waals surface area contributed by atoms with Crippen LogP contribution in [0, 0.1) is 0 Å². The molecule has 0 spiro atoms. The maximum Gasteiger partial charge on any atom is 0.337 e. The molecule has 0 saturated carbocycles. The van der Waals surface area contributed by atoms with Gasteiger partial charge in [-0.15, -0.1) is 5.10 Å². The molecule has 5 heteroatoms. The highest BCUT2D eigenvalue weighted by molar-refractivity contribution is 7.03. The third kappa shape index (κ3) is 2.02. The summed E-state index contributed by atoms with van der Waals surface area (Å²) < 4.78 is 8.37. The first-order valence-electron chi connectivity index (χ1n) is 4.27. The molecule has 0 bridgehead atoms. The summed E-state index contributed by atoms with van der Waals surface area (Å²) in [5.41, 5.74) is 2.29. The average molecular weight is 220 g/mol. The molecule has 0 fully saturated rings. The molecular weight excluding hydrogens is 212 g/mol. The highest BCUT2D eigenvalue weighted by Gasteiger charge is 2.06. The molecule has 0 aliphatic rings. The molecule has 1 heterocycles. The van der Waals surface area contributed by atoms with Gasteiger partial charge in [-0.1, -0.05) is 16.6 Å². The van der Waals surface area contributed by atoms with Crippen LogP contribution in [0.25, 0.3) is 11.3 Å². The maximum atomic E-state index is 11.2. The van der Waals surface area contributed by atoms with Crippen LogP contribution in [0.1, 0.15) is 10.4 Å². The fraction of sp³-hybridized carbons (Fsp3) is 0.100. The molecule has 0 radical (unpaired) electrons. The van der Waals surface area contributed by atoms with Gasteiger partial charge in [-0.2, -0.15) is 0 Å². The lowest BCUT2D eigenvalue weighted by Crippen LogP contribution is -2.00. The summed E-state index contributed by atoms with van der Waals surface area (Å²) in [6, 6.07) is 7.06. The Bertz CT molecular complexity index is 451. The van der Waals surface area contributed by atoms with Crippen LogP contribution in [-0.4, -0.2) is 22.7 Å². The van der Waals surface area contributed by atoms with E-state index in [0.29, 0.717) is 5.56 Å². The number of aromatic nitrogens is 2. The Balaban J connectivity index is 2.29. The van der Waals surface area contributed by atoms with Crippen molar-refractivity contribution in [1.29, 1.82) is 0 Å². The van der Waals surface area contributed by atoms with Gasteiger partial charge in [0.15, 0.2) is 0 Å². The van der Waals surface area contributed by atoms with Gasteiger partial charge in [0, 0.05) is 10.9 Å². The Morgan fingerprint density at radius 1 is 1.33 bits per heavy atom. The van der Waals surface area contributed by atoms with Crippen LogP contribution in [-0.2, 0) is 4.74 Å². The average Bonchev–Trinajstić information content (AvgIpc) is 2.82. The second kappa shape index (κ2) is 4.18. The molecule has 2 rings (SSSR count). The van der Waals surface area contributed by atoms with Crippen LogP contribution >= 0.6 is 11.5 Å². The zero-order valence-corrected chi connectivity index (χ0v) is 8.82. The molecular formula is C10H8N2O2S. The molecule has 0 saturated heterocycles. The molecule has 0 N–H and O–H groups in total. The van der Waals surface area contributed by atoms with Gasteiger partial charge in [0.1, 0.15) is 5.69 Å². The Morgan fingerprint density at radius 3 is 2.60 bits per heavy atom. The van der Waals surface area contributed by atoms with Gasteiger partial charge in [0.05, 0.1) is 12.7 Å². The lowest BCUT2D eigenvalue weighted by Gasteiger charge is -1.99. The van der Waals surface area contributed by atoms with Gasteiger partial charge in [-0.25, -0.2) is 4.79 Å². The second-order valence-electron chi connectivity index (χ2n) is 2.86. The van der Waals surface area contributed by atoms with Crippen LogP contribution in [0.5, 0.6) is 0 Å². The van der Waals surface area contributed by atoms with Crippen molar-refractivity contribution < 1.29 is 9.53 Å². The minimum atomic E-state index is -0.335. The van der Waals surface area contributed by atoms with Crippen molar-refractivity contribution in [3.63, 3.8) is 0 Å². The van der Waals surface area contributed by atoms with Crippen molar-refractivity contribution in [3.05, 3.63) is 35.2 Å². The lowest BCUT2D eigenvalue weighted by atomic mass is 10.1. The van der Waals surface area contributed by atoms with Gasteiger partial charge in [-0.05, 0) is 23.7 Å². The Hall–Kier alpha value is -1.75. The quantitative estimate of drug-likeness (QED) is 0.726. The fourth-order valence-corrected chi connectivity index (χ4v) is 1.65. The van der Waals surface area contributed by atoms with Crippen molar-refractivity contribution in [2.45, 2.75) is 0 Å². The third-order valence-corrected chi connectivity index (χ3v) is 2.47. The molecule has 0 atom stereocenters. The van der Waals surface area contributed by atoms with Crippen molar-refractivity contribution in [2.24, 2.45) is 0 Å². The van der Waals surface area contributed by atoms with E-state index >= 15 is 0 Å². The first-order chi connectivity index (χ1) is 7.31. The zero-order valence-electron chi connectivity index (χ0n) is 8.01. The van der Waals surface area contributed by atoms with E-state index in [1.807, 2.05) is 17.5 Å². The lowest BCUT2D eigenvalue weighted by molar-refractivity contribution is 0.0601. The van der Waals surface area contributed by atoms with Gasteiger partial charge in [0.2, 0.25) is 0 Å². The number of benzene rings is 1. The summed E-state index contributed by atoms with van der Waals surface area (Å²) in [6.07, 6.45) is 0. The number of hydrogen-bond acceptors (Lipinski definition) is 5. The van der Waals surface area contributed by atoms with E-state index in [9.17, 15) is 4.79 Å². The molecule has 0 aliphatic heterocycles. The number of nitrogens with zero attached hydrogens (tertiary/aromatic N) is 2. The molecule has 1 aromatic carbocycles. The van der Waals surface area contributed by atoms with Crippen LogP contribution in [0.15, 0.2) is 29.6 Å². The topological polar surface area (TPSA) is 52.1 Å². The zero-order chi connectivity index (χ0) is 10.7. The predicted molar refractivity (Wildman–Crippen MR) is 56.7 cm³/mol. The van der Waals surface area contributed by atoms with Gasteiger partial charge in [-0.3, -0.25) is 0 Å². The van der Waals surface area contributed by atoms with E-state index in [2.05, 4.69) is 14.3 Å². The number of esters is 1. The van der Waals surface area contributed by atoms with E-state index in [-0.39, 0.29) is 5.97 Å². The largest absolute Gasteiger partial charge is 0.465 e. The van der Waals surface area contributed by atoms with Crippen molar-refractivity contribution in [3.8, 4) is 11.3 Å². The summed E-state index contributed by atoms with van der Waals surface area (Å²) >= 11 is 1.30. The standard InChI is InChI=1S/C10H8N2O2S/c1-14-10(13)8-4-2-7(3-5-8)9-6-15-12-11-9/h2-6H,1H3. The van der Waals surface area contributed by atoms with Crippen molar-refractivity contribution >= 4 is 17.5 Å². The highest BCUT2D eigenvalue weighted by Crippen LogP contribution is 2.18. The van der Waals surface area contributed by atoms with Crippen molar-refractivity contribution in [1.82, 2.24) is 9.59 Å². The monoisotopic (exact) mass is 220 g/mol. The van der Waals surface area contributed by atoms with Crippen LogP contribution in [0.3, 0.4) is 0 Å². The Kier molecular flexibility index (Phi) is 2.73. The summed E-state index contributed by atoms with van der Waals surface area (Å²) in [6.45, 7) is 0. The van der Waals surface area contributed by atoms with Gasteiger partial charge < -0.3 is 4.74 Å². The molecule has 2 aromatic rings. The molecule has 76 valence electrons. The number of ether oxygens (including phenoxy) is 1. The second-order valence-corrected chi connectivity index (χ2v) is 3.47. The summed E-state index contributed by atoms with van der Waals surface area (Å²) in [5, 5.41) is 5.79. The van der Waals surface area contributed by atoms with E-state index in [1.165, 1.54) is 18.6 Å². The molecule has 0 unspecified atom stereocenters. The summed E-state index contributed by atoms with van der Waals surface area (Å²) in [7, 11) is 1.36. The minimum absolute atomic E-state index is 0.335. The van der Waals surface area contributed by atoms with Crippen LogP contribution < -0.4 is 0 Å². The molecule has 15 heavy (non-hydrogen) atoms. The number of rotatable bonds is 2. The maximum absolute atomic E-state index is 11.2. The number of carbonyl (C=O) groups is 1. The van der Waals surface area contributed by atoms with E-state index in [4.69, 9.17) is 0 Å². The van der Waals surface area contributed by atoms with E-state index in [1.54, 1.807) is 12.1 Å². The van der Waals surface area contributed by atoms with E-state index < -0.39 is 0 Å². The molecule has 4 nitrogen and oxygen atoms in total. The first-order valence-corrected chi connectivity index (χ1v) is 5.10. The number of methoxy groups -OCH3 is 1. The van der Waals surface area contributed by atoms with Gasteiger partial charge in [0.25, 0.3) is 0 Å². The smallest absolute Gasteiger partial charge is 0.337 e. The van der Waals surface area contributed by atoms with Crippen molar-refractivity contribution in [2.75, 3.05) is 7.11 Å². The molecule has 1 aromatic heterocycles. The van der Waals surface area contributed by atoms with E-state index in [0.717, 1.165) is 11.3 Å². The normalized spacial score (nSPS) is 9.93. The number of hydrogen-bond donors (Lipinski definition) is 0.